The Morgan fingerprint density at radius 1 is 0.579 bits per heavy atom. The van der Waals surface area contributed by atoms with Crippen molar-refractivity contribution in [3.63, 3.8) is 0 Å². The van der Waals surface area contributed by atoms with E-state index in [-0.39, 0.29) is 41.1 Å². The van der Waals surface area contributed by atoms with Gasteiger partial charge in [-0.15, -0.1) is 0 Å². The summed E-state index contributed by atoms with van der Waals surface area (Å²) in [6, 6.07) is 0. The molecule has 0 N–H and O–H groups in total. The second-order valence-electron chi connectivity index (χ2n) is 4.37. The molecule has 0 saturated carbocycles. The molecule has 19 heavy (non-hydrogen) atoms. The average molecular weight is 363 g/mol. The van der Waals surface area contributed by atoms with Crippen LogP contribution in [0.1, 0.15) is 0 Å². The van der Waals surface area contributed by atoms with Gasteiger partial charge in [-0.3, -0.25) is 0 Å². The smallest absolute Gasteiger partial charge is 3.00 e. The Morgan fingerprint density at radius 3 is 0.947 bits per heavy atom. The van der Waals surface area contributed by atoms with Gasteiger partial charge in [0.25, 0.3) is 0 Å². The van der Waals surface area contributed by atoms with Gasteiger partial charge in [-0.05, 0) is 15.8 Å². The van der Waals surface area contributed by atoms with Crippen LogP contribution in [0.2, 0.25) is 0 Å². The molecule has 0 rings (SSSR count). The largest absolute Gasteiger partial charge is 3.00 e. The Morgan fingerprint density at radius 2 is 0.789 bits per heavy atom. The van der Waals surface area contributed by atoms with Gasteiger partial charge in [0.1, 0.15) is 0 Å². The fourth-order valence-corrected chi connectivity index (χ4v) is 8.72. The summed E-state index contributed by atoms with van der Waals surface area (Å²) in [5.41, 5.74) is 0. The molecule has 0 atom stereocenters. The van der Waals surface area contributed by atoms with Crippen molar-refractivity contribution in [2.45, 2.75) is 0 Å². The van der Waals surface area contributed by atoms with Crippen molar-refractivity contribution in [1.82, 2.24) is 0 Å². The summed E-state index contributed by atoms with van der Waals surface area (Å²) in [7, 11) is 0.203. The minimum absolute atomic E-state index is 0. The molecule has 1 radical (unpaired) electrons. The van der Waals surface area contributed by atoms with E-state index in [0.29, 0.717) is 0 Å². The third kappa shape index (κ3) is 45.4. The minimum Gasteiger partial charge on any atom is 3.00 e. The first kappa shape index (κ1) is 32.1. The van der Waals surface area contributed by atoms with Crippen LogP contribution in [0, 0.1) is 20.0 Å². The third-order valence-electron chi connectivity index (χ3n) is 2.10. The molecule has 0 unspecified atom stereocenters. The number of hydrogen-bond acceptors (Lipinski definition) is 0. The zero-order valence-corrected chi connectivity index (χ0v) is 16.7. The van der Waals surface area contributed by atoms with E-state index < -0.39 is 0 Å². The van der Waals surface area contributed by atoms with E-state index >= 15 is 0 Å². The molecule has 7 heteroatoms. The van der Waals surface area contributed by atoms with Crippen molar-refractivity contribution in [3.8, 4) is 0 Å². The summed E-state index contributed by atoms with van der Waals surface area (Å²) >= 11 is 0. The van der Waals surface area contributed by atoms with E-state index in [4.69, 9.17) is 14.0 Å². The van der Waals surface area contributed by atoms with Crippen LogP contribution in [0.5, 0.6) is 0 Å². The minimum atomic E-state index is 0. The summed E-state index contributed by atoms with van der Waals surface area (Å²) in [5, 5.41) is 0. The van der Waals surface area contributed by atoms with E-state index in [1.165, 1.54) is 0 Å². The molecule has 0 aromatic rings. The Bertz CT molecular complexity index is 180. The fraction of sp³-hybridized carbons (Fsp3) is 0.750. The van der Waals surface area contributed by atoms with Crippen LogP contribution < -0.4 is 0 Å². The maximum Gasteiger partial charge on any atom is 3.00 e. The van der Waals surface area contributed by atoms with E-state index in [2.05, 4.69) is 53.3 Å². The molecule has 0 fully saturated rings. The van der Waals surface area contributed by atoms with Gasteiger partial charge in [0.2, 0.25) is 0 Å². The molecule has 0 spiro atoms. The molecular weight excluding hydrogens is 337 g/mol. The zero-order chi connectivity index (χ0) is 15.6. The van der Waals surface area contributed by atoms with Crippen molar-refractivity contribution in [3.05, 3.63) is 20.0 Å². The van der Waals surface area contributed by atoms with Gasteiger partial charge in [-0.2, -0.15) is 0 Å². The molecule has 0 aromatic carbocycles. The first-order valence-corrected chi connectivity index (χ1v) is 13.4. The van der Waals surface area contributed by atoms with E-state index in [1.54, 1.807) is 24.6 Å². The van der Waals surface area contributed by atoms with Crippen molar-refractivity contribution in [2.24, 2.45) is 0 Å². The predicted molar refractivity (Wildman–Crippen MR) is 85.8 cm³/mol. The first-order chi connectivity index (χ1) is 8.52. The topological polar surface area (TPSA) is 59.7 Å². The normalized spacial score (nSPS) is 7.89. The van der Waals surface area contributed by atoms with E-state index in [9.17, 15) is 0 Å². The fourth-order valence-electron chi connectivity index (χ4n) is 1.05. The summed E-state index contributed by atoms with van der Waals surface area (Å²) in [6.07, 6.45) is 6.29. The van der Waals surface area contributed by atoms with Crippen LogP contribution in [-0.4, -0.2) is 58.0 Å². The van der Waals surface area contributed by atoms with Crippen molar-refractivity contribution in [1.29, 1.82) is 0 Å². The van der Waals surface area contributed by atoms with E-state index in [0.717, 1.165) is 0 Å². The van der Waals surface area contributed by atoms with Gasteiger partial charge in [0.05, 0.1) is 24.6 Å². The quantitative estimate of drug-likeness (QED) is 0.396. The number of hydrogen-bond donors (Lipinski definition) is 0. The Kier molecular flexibility index (Phi) is 53.1. The maximum absolute atomic E-state index is 7.50. The predicted octanol–water partition coefficient (Wildman–Crippen LogP) is 2.66. The van der Waals surface area contributed by atoms with Gasteiger partial charge >= 0.3 is 51.3 Å². The van der Waals surface area contributed by atoms with Crippen LogP contribution in [0.15, 0.2) is 0 Å². The summed E-state index contributed by atoms with van der Waals surface area (Å²) in [6.45, 7) is 25.8. The summed E-state index contributed by atoms with van der Waals surface area (Å²) in [4.78, 5) is 0. The SMILES string of the molecule is C[PH+](C)CC[PH+](C)CC[PH+](C)C.[C-]#[O+].[C-]#[O+].[C-]#[O+].[Cr+3]. The molecule has 107 valence electrons. The molecule has 0 aliphatic rings. The van der Waals surface area contributed by atoms with E-state index in [1.807, 2.05) is 0 Å². The van der Waals surface area contributed by atoms with Gasteiger partial charge in [-0.25, -0.2) is 0 Å². The summed E-state index contributed by atoms with van der Waals surface area (Å²) in [5.74, 6) is 0. The van der Waals surface area contributed by atoms with Crippen molar-refractivity contribution in [2.75, 3.05) is 58.0 Å². The second-order valence-corrected chi connectivity index (χ2v) is 13.1. The van der Waals surface area contributed by atoms with Crippen LogP contribution in [0.25, 0.3) is 0 Å². The molecule has 0 bridgehead atoms. The standard InChI is InChI=1S/C9H23P3.3CO.Cr/c1-10(2)6-8-12(5)9-7-11(3)4;3*1-2;/h6-9H2,1-5H3;;;;/q;;;;+3/p+3. The van der Waals surface area contributed by atoms with Crippen LogP contribution in [-0.2, 0) is 31.3 Å². The van der Waals surface area contributed by atoms with Crippen LogP contribution >= 0.6 is 23.8 Å². The molecule has 0 saturated heterocycles. The molecule has 0 heterocycles. The molecule has 0 aliphatic heterocycles. The molecule has 3 nitrogen and oxygen atoms in total. The van der Waals surface area contributed by atoms with Gasteiger partial charge < -0.3 is 0 Å². The zero-order valence-electron chi connectivity index (χ0n) is 12.5. The van der Waals surface area contributed by atoms with Crippen molar-refractivity contribution < 1.29 is 31.3 Å². The van der Waals surface area contributed by atoms with Gasteiger partial charge in [0, 0.05) is 41.2 Å². The third-order valence-corrected chi connectivity index (χ3v) is 7.81. The first-order valence-electron chi connectivity index (χ1n) is 5.53. The molecule has 0 aliphatic carbocycles. The maximum atomic E-state index is 7.50. The van der Waals surface area contributed by atoms with Crippen LogP contribution in [0.4, 0.5) is 0 Å². The molecule has 0 aromatic heterocycles. The van der Waals surface area contributed by atoms with Gasteiger partial charge in [0.15, 0.2) is 0 Å². The summed E-state index contributed by atoms with van der Waals surface area (Å²) < 4.78 is 22.5. The Hall–Kier alpha value is 1.04. The Labute approximate surface area is 133 Å². The average Bonchev–Trinajstić information content (AvgIpc) is 2.41. The van der Waals surface area contributed by atoms with Crippen molar-refractivity contribution >= 4 is 23.8 Å². The van der Waals surface area contributed by atoms with Gasteiger partial charge in [-0.1, -0.05) is 0 Å². The molecular formula is C12H26CrO3P3+6. The number of rotatable bonds is 6. The molecule has 0 amide bonds. The second kappa shape index (κ2) is 31.4. The monoisotopic (exact) mass is 363 g/mol. The van der Waals surface area contributed by atoms with Crippen LogP contribution in [0.3, 0.4) is 0 Å². The Balaban J connectivity index is -0.0000000816.